The van der Waals surface area contributed by atoms with Crippen LogP contribution in [-0.4, -0.2) is 0 Å². The van der Waals surface area contributed by atoms with Crippen molar-refractivity contribution >= 4 is 22.1 Å². The molecule has 0 aliphatic rings. The van der Waals surface area contributed by atoms with Gasteiger partial charge >= 0.3 is 0 Å². The molecule has 4 N–H and O–H groups in total. The first-order valence-corrected chi connectivity index (χ1v) is 4.13. The zero-order valence-corrected chi connectivity index (χ0v) is 7.52. The number of nitrogen functional groups attached to an aromatic ring is 2. The van der Waals surface area contributed by atoms with Gasteiger partial charge in [0.15, 0.2) is 17.5 Å². The Kier molecular flexibility index (Phi) is 1.96. The summed E-state index contributed by atoms with van der Waals surface area (Å²) in [7, 11) is 0. The zero-order chi connectivity index (χ0) is 11.2. The van der Waals surface area contributed by atoms with E-state index < -0.39 is 22.8 Å². The molecule has 0 amide bonds. The highest BCUT2D eigenvalue weighted by molar-refractivity contribution is 5.89. The van der Waals surface area contributed by atoms with Crippen LogP contribution >= 0.6 is 0 Å². The summed E-state index contributed by atoms with van der Waals surface area (Å²) < 4.78 is 39.8. The van der Waals surface area contributed by atoms with Gasteiger partial charge in [-0.1, -0.05) is 6.07 Å². The molecule has 0 bridgehead atoms. The monoisotopic (exact) mass is 212 g/mol. The van der Waals surface area contributed by atoms with Gasteiger partial charge < -0.3 is 11.5 Å². The molecule has 0 aliphatic heterocycles. The van der Waals surface area contributed by atoms with Crippen LogP contribution in [0, 0.1) is 17.5 Å². The number of rotatable bonds is 0. The minimum Gasteiger partial charge on any atom is -0.396 e. The number of hydrogen-bond acceptors (Lipinski definition) is 2. The maximum Gasteiger partial charge on any atom is 0.182 e. The van der Waals surface area contributed by atoms with Crippen LogP contribution in [0.3, 0.4) is 0 Å². The van der Waals surface area contributed by atoms with Crippen molar-refractivity contribution in [2.24, 2.45) is 0 Å². The van der Waals surface area contributed by atoms with Gasteiger partial charge in [-0.2, -0.15) is 0 Å². The molecule has 0 unspecified atom stereocenters. The lowest BCUT2D eigenvalue weighted by molar-refractivity contribution is 0.515. The van der Waals surface area contributed by atoms with E-state index >= 15 is 0 Å². The van der Waals surface area contributed by atoms with E-state index in [9.17, 15) is 13.2 Å². The molecule has 2 nitrogen and oxygen atoms in total. The zero-order valence-electron chi connectivity index (χ0n) is 7.52. The summed E-state index contributed by atoms with van der Waals surface area (Å²) in [6.45, 7) is 0. The van der Waals surface area contributed by atoms with Crippen molar-refractivity contribution in [1.29, 1.82) is 0 Å². The second-order valence-electron chi connectivity index (χ2n) is 3.16. The molecule has 0 atom stereocenters. The quantitative estimate of drug-likeness (QED) is 0.659. The van der Waals surface area contributed by atoms with Gasteiger partial charge in [0.1, 0.15) is 0 Å². The first-order chi connectivity index (χ1) is 7.02. The van der Waals surface area contributed by atoms with Crippen molar-refractivity contribution in [3.8, 4) is 0 Å². The van der Waals surface area contributed by atoms with Gasteiger partial charge in [-0.05, 0) is 17.5 Å². The lowest BCUT2D eigenvalue weighted by Gasteiger charge is -2.06. The molecule has 0 aliphatic carbocycles. The van der Waals surface area contributed by atoms with Crippen LogP contribution in [0.4, 0.5) is 24.5 Å². The Bertz CT molecular complexity index is 552. The Labute approximate surface area is 83.3 Å². The van der Waals surface area contributed by atoms with E-state index in [0.717, 1.165) is 6.07 Å². The summed E-state index contributed by atoms with van der Waals surface area (Å²) in [6, 6.07) is 3.82. The first kappa shape index (κ1) is 9.64. The van der Waals surface area contributed by atoms with Crippen molar-refractivity contribution in [3.63, 3.8) is 0 Å². The lowest BCUT2D eigenvalue weighted by atomic mass is 10.1. The van der Waals surface area contributed by atoms with Crippen molar-refractivity contribution in [2.75, 3.05) is 11.5 Å². The Morgan fingerprint density at radius 2 is 1.47 bits per heavy atom. The van der Waals surface area contributed by atoms with Crippen LogP contribution in [0.2, 0.25) is 0 Å². The Morgan fingerprint density at radius 1 is 0.800 bits per heavy atom. The van der Waals surface area contributed by atoms with Crippen LogP contribution in [0.25, 0.3) is 10.8 Å². The summed E-state index contributed by atoms with van der Waals surface area (Å²) in [5, 5.41) is -0.292. The first-order valence-electron chi connectivity index (χ1n) is 4.13. The fourth-order valence-electron chi connectivity index (χ4n) is 1.42. The highest BCUT2D eigenvalue weighted by Crippen LogP contribution is 2.29. The third-order valence-electron chi connectivity index (χ3n) is 2.18. The highest BCUT2D eigenvalue weighted by Gasteiger charge is 2.16. The fourth-order valence-corrected chi connectivity index (χ4v) is 1.42. The molecule has 15 heavy (non-hydrogen) atoms. The SMILES string of the molecule is Nc1cc2ccc(N)c(F)c2c(F)c1F. The van der Waals surface area contributed by atoms with Crippen LogP contribution in [0.5, 0.6) is 0 Å². The van der Waals surface area contributed by atoms with E-state index in [1.807, 2.05) is 0 Å². The second kappa shape index (κ2) is 3.05. The molecule has 78 valence electrons. The smallest absolute Gasteiger partial charge is 0.182 e. The molecular formula is C10H7F3N2. The third-order valence-corrected chi connectivity index (χ3v) is 2.18. The number of nitrogens with two attached hydrogens (primary N) is 2. The van der Waals surface area contributed by atoms with Crippen LogP contribution in [0.1, 0.15) is 0 Å². The van der Waals surface area contributed by atoms with E-state index in [0.29, 0.717) is 0 Å². The van der Waals surface area contributed by atoms with E-state index in [1.165, 1.54) is 12.1 Å². The summed E-state index contributed by atoms with van der Waals surface area (Å²) >= 11 is 0. The van der Waals surface area contributed by atoms with Gasteiger partial charge in [0.2, 0.25) is 0 Å². The van der Waals surface area contributed by atoms with Gasteiger partial charge in [0.25, 0.3) is 0 Å². The van der Waals surface area contributed by atoms with Gasteiger partial charge in [-0.15, -0.1) is 0 Å². The highest BCUT2D eigenvalue weighted by atomic mass is 19.2. The van der Waals surface area contributed by atoms with Gasteiger partial charge in [-0.25, -0.2) is 13.2 Å². The lowest BCUT2D eigenvalue weighted by Crippen LogP contribution is -1.99. The molecular weight excluding hydrogens is 205 g/mol. The predicted octanol–water partition coefficient (Wildman–Crippen LogP) is 2.42. The molecule has 2 aromatic rings. The number of halogens is 3. The Balaban J connectivity index is 3.00. The predicted molar refractivity (Wildman–Crippen MR) is 52.6 cm³/mol. The standard InChI is InChI=1S/C10H7F3N2/c11-8-5(14)2-1-4-3-6(15)9(12)10(13)7(4)8/h1-3H,14-15H2. The molecule has 2 rings (SSSR count). The molecule has 0 aromatic heterocycles. The average molecular weight is 212 g/mol. The van der Waals surface area contributed by atoms with E-state index in [1.54, 1.807) is 0 Å². The van der Waals surface area contributed by atoms with E-state index in [4.69, 9.17) is 11.5 Å². The van der Waals surface area contributed by atoms with Crippen LogP contribution in [-0.2, 0) is 0 Å². The van der Waals surface area contributed by atoms with Crippen molar-refractivity contribution in [1.82, 2.24) is 0 Å². The number of hydrogen-bond donors (Lipinski definition) is 2. The van der Waals surface area contributed by atoms with Crippen LogP contribution < -0.4 is 11.5 Å². The normalized spacial score (nSPS) is 10.9. The van der Waals surface area contributed by atoms with E-state index in [2.05, 4.69) is 0 Å². The summed E-state index contributed by atoms with van der Waals surface area (Å²) in [4.78, 5) is 0. The van der Waals surface area contributed by atoms with Crippen LogP contribution in [0.15, 0.2) is 18.2 Å². The van der Waals surface area contributed by atoms with Gasteiger partial charge in [0, 0.05) is 0 Å². The molecule has 0 saturated carbocycles. The topological polar surface area (TPSA) is 52.0 Å². The third kappa shape index (κ3) is 1.27. The molecule has 0 fully saturated rings. The number of anilines is 2. The van der Waals surface area contributed by atoms with E-state index in [-0.39, 0.29) is 16.8 Å². The number of benzene rings is 2. The summed E-state index contributed by atoms with van der Waals surface area (Å²) in [5.74, 6) is -3.54. The van der Waals surface area contributed by atoms with Gasteiger partial charge in [0.05, 0.1) is 16.8 Å². The second-order valence-corrected chi connectivity index (χ2v) is 3.16. The molecule has 0 heterocycles. The Hall–Kier alpha value is -1.91. The molecule has 0 saturated heterocycles. The van der Waals surface area contributed by atoms with Crippen molar-refractivity contribution in [3.05, 3.63) is 35.7 Å². The fraction of sp³-hybridized carbons (Fsp3) is 0. The molecule has 5 heteroatoms. The summed E-state index contributed by atoms with van der Waals surface area (Å²) in [6.07, 6.45) is 0. The average Bonchev–Trinajstić information content (AvgIpc) is 2.20. The Morgan fingerprint density at radius 3 is 2.13 bits per heavy atom. The van der Waals surface area contributed by atoms with Gasteiger partial charge in [-0.3, -0.25) is 0 Å². The van der Waals surface area contributed by atoms with Crippen molar-refractivity contribution < 1.29 is 13.2 Å². The number of fused-ring (bicyclic) bond motifs is 1. The van der Waals surface area contributed by atoms with Crippen molar-refractivity contribution in [2.45, 2.75) is 0 Å². The maximum absolute atomic E-state index is 13.4. The molecule has 0 radical (unpaired) electrons. The molecule has 2 aromatic carbocycles. The minimum absolute atomic E-state index is 0.179. The largest absolute Gasteiger partial charge is 0.396 e. The molecule has 0 spiro atoms. The summed E-state index contributed by atoms with van der Waals surface area (Å²) in [5.41, 5.74) is 9.87. The maximum atomic E-state index is 13.4. The minimum atomic E-state index is -1.31.